The van der Waals surface area contributed by atoms with Gasteiger partial charge in [0.2, 0.25) is 10.0 Å². The Kier molecular flexibility index (Phi) is 5.77. The van der Waals surface area contributed by atoms with Crippen LogP contribution in [0.15, 0.2) is 53.4 Å². The van der Waals surface area contributed by atoms with Crippen molar-refractivity contribution in [2.75, 3.05) is 37.7 Å². The number of carbonyl (C=O) groups excluding carboxylic acids is 1. The Labute approximate surface area is 178 Å². The number of halogens is 1. The lowest BCUT2D eigenvalue weighted by atomic mass is 10.2. The van der Waals surface area contributed by atoms with Crippen LogP contribution in [0.25, 0.3) is 10.1 Å². The number of rotatable bonds is 5. The van der Waals surface area contributed by atoms with E-state index in [1.54, 1.807) is 49.4 Å². The smallest absolute Gasteiger partial charge is 0.349 e. The van der Waals surface area contributed by atoms with Gasteiger partial charge in [0, 0.05) is 36.3 Å². The predicted molar refractivity (Wildman–Crippen MR) is 115 cm³/mol. The van der Waals surface area contributed by atoms with Crippen molar-refractivity contribution in [3.8, 4) is 0 Å². The summed E-state index contributed by atoms with van der Waals surface area (Å²) < 4.78 is 48.3. The first-order valence-electron chi connectivity index (χ1n) is 9.61. The largest absolute Gasteiger partial charge is 0.462 e. The number of para-hydroxylation sites is 1. The van der Waals surface area contributed by atoms with Gasteiger partial charge in [-0.15, -0.1) is 11.3 Å². The third kappa shape index (κ3) is 3.68. The number of hydrogen-bond donors (Lipinski definition) is 0. The van der Waals surface area contributed by atoms with Crippen molar-refractivity contribution in [2.24, 2.45) is 0 Å². The Bertz CT molecular complexity index is 1180. The number of esters is 1. The fourth-order valence-corrected chi connectivity index (χ4v) is 6.79. The Morgan fingerprint density at radius 1 is 1.07 bits per heavy atom. The molecule has 1 saturated heterocycles. The summed E-state index contributed by atoms with van der Waals surface area (Å²) in [5, 5.41) is 0.516. The van der Waals surface area contributed by atoms with E-state index in [0.29, 0.717) is 28.9 Å². The van der Waals surface area contributed by atoms with Gasteiger partial charge < -0.3 is 9.64 Å². The van der Waals surface area contributed by atoms with Gasteiger partial charge in [0.25, 0.3) is 0 Å². The second kappa shape index (κ2) is 8.33. The van der Waals surface area contributed by atoms with E-state index in [-0.39, 0.29) is 35.3 Å². The number of carbonyl (C=O) groups is 1. The van der Waals surface area contributed by atoms with Crippen LogP contribution in [0.3, 0.4) is 0 Å². The Morgan fingerprint density at radius 2 is 1.73 bits per heavy atom. The highest BCUT2D eigenvalue weighted by Crippen LogP contribution is 2.37. The quantitative estimate of drug-likeness (QED) is 0.557. The molecule has 0 radical (unpaired) electrons. The molecule has 3 aromatic rings. The lowest BCUT2D eigenvalue weighted by molar-refractivity contribution is 0.0528. The second-order valence-corrected chi connectivity index (χ2v) is 9.75. The van der Waals surface area contributed by atoms with Crippen LogP contribution in [0, 0.1) is 5.82 Å². The van der Waals surface area contributed by atoms with Crippen molar-refractivity contribution in [1.82, 2.24) is 4.31 Å². The van der Waals surface area contributed by atoms with E-state index in [2.05, 4.69) is 0 Å². The summed E-state index contributed by atoms with van der Waals surface area (Å²) in [7, 11) is -3.93. The highest BCUT2D eigenvalue weighted by molar-refractivity contribution is 7.89. The lowest BCUT2D eigenvalue weighted by Gasteiger charge is -2.35. The van der Waals surface area contributed by atoms with Crippen LogP contribution >= 0.6 is 11.3 Å². The van der Waals surface area contributed by atoms with Gasteiger partial charge in [0.1, 0.15) is 15.6 Å². The van der Waals surface area contributed by atoms with Gasteiger partial charge in [-0.05, 0) is 25.1 Å². The monoisotopic (exact) mass is 448 g/mol. The summed E-state index contributed by atoms with van der Waals surface area (Å²) in [6, 6.07) is 13.5. The maximum atomic E-state index is 14.1. The number of anilines is 1. The molecule has 0 saturated carbocycles. The zero-order valence-electron chi connectivity index (χ0n) is 16.4. The van der Waals surface area contributed by atoms with Crippen LogP contribution in [0.2, 0.25) is 0 Å². The fourth-order valence-electron chi connectivity index (χ4n) is 3.62. The highest BCUT2D eigenvalue weighted by Gasteiger charge is 2.35. The zero-order valence-corrected chi connectivity index (χ0v) is 18.0. The van der Waals surface area contributed by atoms with Crippen LogP contribution in [0.4, 0.5) is 10.1 Å². The minimum atomic E-state index is -3.93. The molecule has 1 aliphatic rings. The van der Waals surface area contributed by atoms with Crippen molar-refractivity contribution in [1.29, 1.82) is 0 Å². The van der Waals surface area contributed by atoms with Gasteiger partial charge in [-0.3, -0.25) is 0 Å². The SMILES string of the molecule is CCOC(=O)c1sc2ccccc2c1S(=O)(=O)N1CCN(c2ccccc2F)CC1. The third-order valence-electron chi connectivity index (χ3n) is 5.04. The van der Waals surface area contributed by atoms with Crippen LogP contribution in [-0.2, 0) is 14.8 Å². The molecule has 1 aromatic heterocycles. The predicted octanol–water partition coefficient (Wildman–Crippen LogP) is 3.73. The van der Waals surface area contributed by atoms with Gasteiger partial charge in [-0.25, -0.2) is 17.6 Å². The molecule has 4 rings (SSSR count). The number of thiophene rings is 1. The van der Waals surface area contributed by atoms with Gasteiger partial charge in [-0.1, -0.05) is 30.3 Å². The van der Waals surface area contributed by atoms with Crippen LogP contribution in [-0.4, -0.2) is 51.5 Å². The molecule has 2 heterocycles. The number of ether oxygens (including phenoxy) is 1. The molecule has 0 unspecified atom stereocenters. The van der Waals surface area contributed by atoms with E-state index in [0.717, 1.165) is 11.3 Å². The average Bonchev–Trinajstić information content (AvgIpc) is 3.15. The molecular formula is C21H21FN2O4S2. The van der Waals surface area contributed by atoms with Gasteiger partial charge in [0.15, 0.2) is 0 Å². The van der Waals surface area contributed by atoms with Gasteiger partial charge >= 0.3 is 5.97 Å². The van der Waals surface area contributed by atoms with Crippen LogP contribution in [0.5, 0.6) is 0 Å². The third-order valence-corrected chi connectivity index (χ3v) is 8.31. The number of nitrogens with zero attached hydrogens (tertiary/aromatic N) is 2. The normalized spacial score (nSPS) is 15.5. The van der Waals surface area contributed by atoms with Crippen molar-refractivity contribution < 1.29 is 22.3 Å². The molecule has 9 heteroatoms. The van der Waals surface area contributed by atoms with Crippen molar-refractivity contribution in [2.45, 2.75) is 11.8 Å². The maximum Gasteiger partial charge on any atom is 0.349 e. The summed E-state index contributed by atoms with van der Waals surface area (Å²) >= 11 is 1.12. The van der Waals surface area contributed by atoms with E-state index in [9.17, 15) is 17.6 Å². The molecule has 0 spiro atoms. The highest BCUT2D eigenvalue weighted by atomic mass is 32.2. The lowest BCUT2D eigenvalue weighted by Crippen LogP contribution is -2.49. The summed E-state index contributed by atoms with van der Waals surface area (Å²) in [5.41, 5.74) is 0.461. The molecule has 0 aliphatic carbocycles. The molecule has 1 fully saturated rings. The topological polar surface area (TPSA) is 66.9 Å². The summed E-state index contributed by atoms with van der Waals surface area (Å²) in [5.74, 6) is -0.968. The number of benzene rings is 2. The molecule has 1 aliphatic heterocycles. The summed E-state index contributed by atoms with van der Waals surface area (Å²) in [6.07, 6.45) is 0. The minimum absolute atomic E-state index is 0.000826. The Balaban J connectivity index is 1.66. The molecule has 158 valence electrons. The first-order chi connectivity index (χ1) is 14.4. The number of sulfonamides is 1. The minimum Gasteiger partial charge on any atom is -0.462 e. The first kappa shape index (κ1) is 20.8. The second-order valence-electron chi connectivity index (χ2n) is 6.82. The maximum absolute atomic E-state index is 14.1. The summed E-state index contributed by atoms with van der Waals surface area (Å²) in [4.78, 5) is 14.4. The molecular weight excluding hydrogens is 427 g/mol. The molecule has 0 bridgehead atoms. The van der Waals surface area contributed by atoms with Gasteiger partial charge in [0.05, 0.1) is 12.3 Å². The molecule has 6 nitrogen and oxygen atoms in total. The first-order valence-corrected chi connectivity index (χ1v) is 11.9. The van der Waals surface area contributed by atoms with E-state index in [1.807, 2.05) is 4.90 Å². The van der Waals surface area contributed by atoms with E-state index >= 15 is 0 Å². The summed E-state index contributed by atoms with van der Waals surface area (Å²) in [6.45, 7) is 2.95. The number of hydrogen-bond acceptors (Lipinski definition) is 6. The number of fused-ring (bicyclic) bond motifs is 1. The van der Waals surface area contributed by atoms with Crippen molar-refractivity contribution in [3.05, 3.63) is 59.2 Å². The van der Waals surface area contributed by atoms with Crippen molar-refractivity contribution in [3.63, 3.8) is 0 Å². The van der Waals surface area contributed by atoms with Crippen LogP contribution in [0.1, 0.15) is 16.6 Å². The molecule has 2 aromatic carbocycles. The Hall–Kier alpha value is -2.49. The van der Waals surface area contributed by atoms with E-state index in [1.165, 1.54) is 10.4 Å². The zero-order chi connectivity index (χ0) is 21.3. The van der Waals surface area contributed by atoms with E-state index < -0.39 is 16.0 Å². The molecule has 30 heavy (non-hydrogen) atoms. The van der Waals surface area contributed by atoms with Crippen LogP contribution < -0.4 is 4.90 Å². The number of piperazine rings is 1. The molecule has 0 amide bonds. The average molecular weight is 449 g/mol. The Morgan fingerprint density at radius 3 is 2.43 bits per heavy atom. The fraction of sp³-hybridized carbons (Fsp3) is 0.286. The van der Waals surface area contributed by atoms with Crippen molar-refractivity contribution >= 4 is 43.1 Å². The van der Waals surface area contributed by atoms with E-state index in [4.69, 9.17) is 4.74 Å². The molecule has 0 atom stereocenters. The van der Waals surface area contributed by atoms with Gasteiger partial charge in [-0.2, -0.15) is 4.31 Å². The molecule has 0 N–H and O–H groups in total. The standard InChI is InChI=1S/C21H21FN2O4S2/c1-2-28-21(25)19-20(15-7-3-6-10-18(15)29-19)30(26,27)24-13-11-23(12-14-24)17-9-5-4-8-16(17)22/h3-10H,2,11-14H2,1H3.